The van der Waals surface area contributed by atoms with E-state index in [2.05, 4.69) is 15.9 Å². The first-order chi connectivity index (χ1) is 9.70. The molecule has 2 aromatic carbocycles. The van der Waals surface area contributed by atoms with Gasteiger partial charge >= 0.3 is 0 Å². The molecule has 2 aromatic rings. The lowest BCUT2D eigenvalue weighted by Crippen LogP contribution is -2.16. The van der Waals surface area contributed by atoms with Crippen LogP contribution in [0.25, 0.3) is 0 Å². The molecule has 0 aliphatic rings. The summed E-state index contributed by atoms with van der Waals surface area (Å²) in [5.41, 5.74) is -0.446. The fraction of sp³-hybridized carbons (Fsp3) is 0. The van der Waals surface area contributed by atoms with Gasteiger partial charge in [0.1, 0.15) is 22.3 Å². The number of hydrogen-bond acceptors (Lipinski definition) is 2. The molecule has 0 unspecified atom stereocenters. The first-order valence-electron chi connectivity index (χ1n) is 5.33. The molecule has 0 atom stereocenters. The van der Waals surface area contributed by atoms with Crippen molar-refractivity contribution < 1.29 is 21.6 Å². The average molecular weight is 401 g/mol. The Kier molecular flexibility index (Phi) is 4.50. The van der Waals surface area contributed by atoms with E-state index >= 15 is 0 Å². The van der Waals surface area contributed by atoms with Crippen LogP contribution < -0.4 is 4.72 Å². The van der Waals surface area contributed by atoms with E-state index in [1.807, 2.05) is 4.72 Å². The Morgan fingerprint density at radius 1 is 1.05 bits per heavy atom. The summed E-state index contributed by atoms with van der Waals surface area (Å²) in [5, 5.41) is 0.0905. The van der Waals surface area contributed by atoms with Crippen molar-refractivity contribution in [1.29, 1.82) is 0 Å². The number of hydrogen-bond donors (Lipinski definition) is 1. The van der Waals surface area contributed by atoms with Crippen molar-refractivity contribution in [1.82, 2.24) is 0 Å². The van der Waals surface area contributed by atoms with Crippen molar-refractivity contribution in [3.63, 3.8) is 0 Å². The molecule has 3 nitrogen and oxygen atoms in total. The van der Waals surface area contributed by atoms with E-state index in [0.717, 1.165) is 18.2 Å². The summed E-state index contributed by atoms with van der Waals surface area (Å²) in [4.78, 5) is -0.830. The minimum Gasteiger partial charge on any atom is -0.276 e. The SMILES string of the molecule is O=S(=O)(Nc1cc(Cl)ccc1F)c1c(F)cc(F)cc1Br. The Morgan fingerprint density at radius 2 is 1.71 bits per heavy atom. The highest BCUT2D eigenvalue weighted by Gasteiger charge is 2.24. The summed E-state index contributed by atoms with van der Waals surface area (Å²) in [6.07, 6.45) is 0. The predicted molar refractivity (Wildman–Crippen MR) is 76.3 cm³/mol. The fourth-order valence-corrected chi connectivity index (χ4v) is 3.96. The summed E-state index contributed by atoms with van der Waals surface area (Å²) < 4.78 is 65.9. The van der Waals surface area contributed by atoms with Crippen molar-refractivity contribution in [2.24, 2.45) is 0 Å². The van der Waals surface area contributed by atoms with Crippen molar-refractivity contribution >= 4 is 43.2 Å². The number of anilines is 1. The van der Waals surface area contributed by atoms with Gasteiger partial charge in [-0.25, -0.2) is 21.6 Å². The van der Waals surface area contributed by atoms with E-state index in [4.69, 9.17) is 11.6 Å². The van der Waals surface area contributed by atoms with Crippen LogP contribution in [-0.2, 0) is 10.0 Å². The molecule has 0 fully saturated rings. The topological polar surface area (TPSA) is 46.2 Å². The van der Waals surface area contributed by atoms with Crippen LogP contribution in [0.3, 0.4) is 0 Å². The molecule has 9 heteroatoms. The van der Waals surface area contributed by atoms with Crippen molar-refractivity contribution in [3.8, 4) is 0 Å². The minimum absolute atomic E-state index is 0.0905. The molecule has 0 heterocycles. The lowest BCUT2D eigenvalue weighted by molar-refractivity contribution is 0.548. The van der Waals surface area contributed by atoms with Crippen LogP contribution in [0.2, 0.25) is 5.02 Å². The Hall–Kier alpha value is -1.25. The van der Waals surface area contributed by atoms with E-state index in [-0.39, 0.29) is 9.50 Å². The van der Waals surface area contributed by atoms with Gasteiger partial charge in [-0.15, -0.1) is 0 Å². The van der Waals surface area contributed by atoms with Crippen LogP contribution in [-0.4, -0.2) is 8.42 Å². The highest BCUT2D eigenvalue weighted by molar-refractivity contribution is 9.10. The molecule has 0 saturated heterocycles. The van der Waals surface area contributed by atoms with Gasteiger partial charge in [0.25, 0.3) is 10.0 Å². The first-order valence-corrected chi connectivity index (χ1v) is 7.98. The summed E-state index contributed by atoms with van der Waals surface area (Å²) >= 11 is 8.40. The van der Waals surface area contributed by atoms with Gasteiger partial charge in [0.2, 0.25) is 0 Å². The van der Waals surface area contributed by atoms with Gasteiger partial charge in [-0.3, -0.25) is 4.72 Å². The Morgan fingerprint density at radius 3 is 2.33 bits per heavy atom. The van der Waals surface area contributed by atoms with Crippen LogP contribution in [0.5, 0.6) is 0 Å². The van der Waals surface area contributed by atoms with Crippen LogP contribution in [0, 0.1) is 17.5 Å². The van der Waals surface area contributed by atoms with Crippen LogP contribution in [0.1, 0.15) is 0 Å². The number of benzene rings is 2. The predicted octanol–water partition coefficient (Wildman–Crippen LogP) is 4.32. The number of sulfonamides is 1. The van der Waals surface area contributed by atoms with E-state index in [1.54, 1.807) is 0 Å². The van der Waals surface area contributed by atoms with Gasteiger partial charge in [0, 0.05) is 15.6 Å². The second kappa shape index (κ2) is 5.86. The fourth-order valence-electron chi connectivity index (χ4n) is 1.56. The molecule has 0 aliphatic carbocycles. The molecule has 0 aliphatic heterocycles. The third-order valence-corrected chi connectivity index (χ3v) is 4.97. The molecule has 0 saturated carbocycles. The normalized spacial score (nSPS) is 11.5. The Labute approximate surface area is 131 Å². The molecular formula is C12H6BrClF3NO2S. The largest absolute Gasteiger partial charge is 0.276 e. The third-order valence-electron chi connectivity index (χ3n) is 2.40. The van der Waals surface area contributed by atoms with E-state index < -0.39 is 38.1 Å². The Bertz CT molecular complexity index is 791. The zero-order chi connectivity index (χ0) is 15.8. The maximum Gasteiger partial charge on any atom is 0.266 e. The lowest BCUT2D eigenvalue weighted by Gasteiger charge is -2.11. The number of halogens is 5. The average Bonchev–Trinajstić information content (AvgIpc) is 2.31. The van der Waals surface area contributed by atoms with Gasteiger partial charge < -0.3 is 0 Å². The Balaban J connectivity index is 2.51. The molecule has 2 rings (SSSR count). The van der Waals surface area contributed by atoms with Crippen molar-refractivity contribution in [2.45, 2.75) is 4.90 Å². The maximum atomic E-state index is 13.7. The van der Waals surface area contributed by atoms with Gasteiger partial charge in [0.15, 0.2) is 0 Å². The number of rotatable bonds is 3. The smallest absolute Gasteiger partial charge is 0.266 e. The van der Waals surface area contributed by atoms with Crippen LogP contribution >= 0.6 is 27.5 Å². The number of nitrogens with one attached hydrogen (secondary N) is 1. The zero-order valence-electron chi connectivity index (χ0n) is 10.0. The first kappa shape index (κ1) is 16.1. The van der Waals surface area contributed by atoms with Gasteiger partial charge in [-0.2, -0.15) is 0 Å². The van der Waals surface area contributed by atoms with Gasteiger partial charge in [0.05, 0.1) is 5.69 Å². The molecule has 1 N–H and O–H groups in total. The van der Waals surface area contributed by atoms with Gasteiger partial charge in [-0.1, -0.05) is 11.6 Å². The quantitative estimate of drug-likeness (QED) is 0.834. The molecule has 0 radical (unpaired) electrons. The van der Waals surface area contributed by atoms with Crippen LogP contribution in [0.4, 0.5) is 18.9 Å². The molecule has 0 amide bonds. The molecule has 21 heavy (non-hydrogen) atoms. The summed E-state index contributed by atoms with van der Waals surface area (Å²) in [6.45, 7) is 0. The molecule has 0 bridgehead atoms. The summed E-state index contributed by atoms with van der Waals surface area (Å²) in [6, 6.07) is 4.41. The van der Waals surface area contributed by atoms with Crippen molar-refractivity contribution in [2.75, 3.05) is 4.72 Å². The second-order valence-corrected chi connectivity index (χ2v) is 6.84. The molecule has 112 valence electrons. The third kappa shape index (κ3) is 3.50. The second-order valence-electron chi connectivity index (χ2n) is 3.93. The molecule has 0 spiro atoms. The van der Waals surface area contributed by atoms with E-state index in [1.165, 1.54) is 6.07 Å². The molecule has 0 aromatic heterocycles. The van der Waals surface area contributed by atoms with Crippen molar-refractivity contribution in [3.05, 3.63) is 57.3 Å². The molecular weight excluding hydrogens is 395 g/mol. The monoisotopic (exact) mass is 399 g/mol. The lowest BCUT2D eigenvalue weighted by atomic mass is 10.3. The maximum absolute atomic E-state index is 13.7. The standard InChI is InChI=1S/C12H6BrClF3NO2S/c13-8-4-7(15)5-10(17)12(8)21(19,20)18-11-3-6(14)1-2-9(11)16/h1-5,18H. The minimum atomic E-state index is -4.47. The van der Waals surface area contributed by atoms with E-state index in [9.17, 15) is 21.6 Å². The van der Waals surface area contributed by atoms with E-state index in [0.29, 0.717) is 6.07 Å². The summed E-state index contributed by atoms with van der Waals surface area (Å²) in [7, 11) is -4.47. The highest BCUT2D eigenvalue weighted by Crippen LogP contribution is 2.29. The zero-order valence-corrected chi connectivity index (χ0v) is 13.2. The van der Waals surface area contributed by atoms with Gasteiger partial charge in [-0.05, 0) is 40.2 Å². The highest BCUT2D eigenvalue weighted by atomic mass is 79.9. The van der Waals surface area contributed by atoms with Crippen LogP contribution in [0.15, 0.2) is 39.7 Å². The summed E-state index contributed by atoms with van der Waals surface area (Å²) in [5.74, 6) is -3.15.